The Morgan fingerprint density at radius 2 is 1.50 bits per heavy atom. The van der Waals surface area contributed by atoms with Crippen molar-refractivity contribution in [3.8, 4) is 0 Å². The Morgan fingerprint density at radius 3 is 1.80 bits per heavy atom. The molecular formula is C13H30O5Si2. The molecule has 0 aliphatic rings. The Hall–Kier alpha value is -0.0262. The van der Waals surface area contributed by atoms with Gasteiger partial charge in [0.25, 0.3) is 0 Å². The third-order valence-corrected chi connectivity index (χ3v) is 7.15. The van der Waals surface area contributed by atoms with Gasteiger partial charge in [0.15, 0.2) is 8.32 Å². The van der Waals surface area contributed by atoms with Crippen molar-refractivity contribution in [2.24, 2.45) is 0 Å². The average Bonchev–Trinajstić information content (AvgIpc) is 2.39. The monoisotopic (exact) mass is 322 g/mol. The highest BCUT2D eigenvalue weighted by Gasteiger charge is 2.63. The summed E-state index contributed by atoms with van der Waals surface area (Å²) in [6.45, 7) is 10.7. The van der Waals surface area contributed by atoms with Gasteiger partial charge in [-0.25, -0.2) is 0 Å². The molecule has 1 unspecified atom stereocenters. The van der Waals surface area contributed by atoms with Crippen LogP contribution in [-0.2, 0) is 22.4 Å². The molecule has 0 radical (unpaired) electrons. The molecule has 0 bridgehead atoms. The minimum atomic E-state index is -3.10. The number of allylic oxidation sites excluding steroid dienone is 1. The molecule has 7 heteroatoms. The van der Waals surface area contributed by atoms with E-state index in [2.05, 4.69) is 19.6 Å². The maximum atomic E-state index is 6.33. The molecule has 0 saturated heterocycles. The lowest BCUT2D eigenvalue weighted by molar-refractivity contribution is -0.170. The number of hydrogen-bond donors (Lipinski definition) is 0. The van der Waals surface area contributed by atoms with Crippen LogP contribution in [0.1, 0.15) is 20.3 Å². The van der Waals surface area contributed by atoms with E-state index in [0.717, 1.165) is 0 Å². The van der Waals surface area contributed by atoms with Crippen LogP contribution in [0.2, 0.25) is 19.6 Å². The molecule has 20 heavy (non-hydrogen) atoms. The van der Waals surface area contributed by atoms with Crippen molar-refractivity contribution >= 4 is 17.1 Å². The highest BCUT2D eigenvalue weighted by Crippen LogP contribution is 2.34. The second kappa shape index (κ2) is 8.42. The first-order valence-electron chi connectivity index (χ1n) is 6.87. The highest BCUT2D eigenvalue weighted by atomic mass is 28.4. The van der Waals surface area contributed by atoms with E-state index >= 15 is 0 Å². The fourth-order valence-corrected chi connectivity index (χ4v) is 6.80. The molecule has 0 aliphatic heterocycles. The molecule has 0 aliphatic carbocycles. The fraction of sp³-hybridized carbons (Fsp3) is 0.846. The lowest BCUT2D eigenvalue weighted by atomic mass is 10.4. The molecule has 0 aromatic rings. The summed E-state index contributed by atoms with van der Waals surface area (Å²) in [6, 6.07) is 0. The van der Waals surface area contributed by atoms with Gasteiger partial charge in [-0.3, -0.25) is 0 Å². The first kappa shape index (κ1) is 20.0. The van der Waals surface area contributed by atoms with Crippen LogP contribution < -0.4 is 0 Å². The molecule has 0 aromatic carbocycles. The molecule has 0 heterocycles. The Labute approximate surface area is 125 Å². The summed E-state index contributed by atoms with van der Waals surface area (Å²) in [7, 11) is -0.248. The molecule has 120 valence electrons. The smallest absolute Gasteiger partial charge is 0.388 e. The van der Waals surface area contributed by atoms with E-state index in [1.165, 1.54) is 0 Å². The molecule has 0 spiro atoms. The van der Waals surface area contributed by atoms with Crippen LogP contribution in [-0.4, -0.2) is 50.5 Å². The zero-order valence-electron chi connectivity index (χ0n) is 14.1. The predicted molar refractivity (Wildman–Crippen MR) is 85.0 cm³/mol. The van der Waals surface area contributed by atoms with Gasteiger partial charge in [0, 0.05) is 27.8 Å². The topological polar surface area (TPSA) is 46.2 Å². The number of rotatable bonds is 10. The fourth-order valence-electron chi connectivity index (χ4n) is 2.06. The van der Waals surface area contributed by atoms with E-state index in [1.807, 2.05) is 26.0 Å². The van der Waals surface area contributed by atoms with Gasteiger partial charge in [-0.2, -0.15) is 0 Å². The van der Waals surface area contributed by atoms with E-state index in [9.17, 15) is 0 Å². The van der Waals surface area contributed by atoms with Crippen LogP contribution in [0, 0.1) is 0 Å². The molecule has 0 rings (SSSR count). The zero-order valence-corrected chi connectivity index (χ0v) is 16.1. The van der Waals surface area contributed by atoms with Gasteiger partial charge < -0.3 is 22.4 Å². The quantitative estimate of drug-likeness (QED) is 0.351. The van der Waals surface area contributed by atoms with E-state index in [1.54, 1.807) is 21.3 Å². The van der Waals surface area contributed by atoms with Crippen LogP contribution in [0.3, 0.4) is 0 Å². The van der Waals surface area contributed by atoms with Crippen molar-refractivity contribution < 1.29 is 22.4 Å². The number of ether oxygens (including phenoxy) is 1. The lowest BCUT2D eigenvalue weighted by Gasteiger charge is -2.45. The first-order valence-corrected chi connectivity index (χ1v) is 12.0. The first-order chi connectivity index (χ1) is 9.26. The summed E-state index contributed by atoms with van der Waals surface area (Å²) in [4.78, 5) is 0. The molecule has 0 fully saturated rings. The van der Waals surface area contributed by atoms with Crippen molar-refractivity contribution in [2.75, 3.05) is 27.9 Å². The van der Waals surface area contributed by atoms with Gasteiger partial charge in [0.05, 0.1) is 6.61 Å². The van der Waals surface area contributed by atoms with Crippen LogP contribution in [0.15, 0.2) is 12.2 Å². The van der Waals surface area contributed by atoms with Crippen LogP contribution >= 0.6 is 0 Å². The van der Waals surface area contributed by atoms with Gasteiger partial charge in [-0.1, -0.05) is 19.1 Å². The summed E-state index contributed by atoms with van der Waals surface area (Å²) >= 11 is 0. The zero-order chi connectivity index (χ0) is 15.9. The molecule has 1 atom stereocenters. The summed E-state index contributed by atoms with van der Waals surface area (Å²) in [5, 5.41) is 0. The molecule has 0 saturated carbocycles. The van der Waals surface area contributed by atoms with Crippen molar-refractivity contribution in [2.45, 2.75) is 45.3 Å². The van der Waals surface area contributed by atoms with Crippen LogP contribution in [0.25, 0.3) is 0 Å². The lowest BCUT2D eigenvalue weighted by Crippen LogP contribution is -2.68. The third-order valence-electron chi connectivity index (χ3n) is 2.86. The summed E-state index contributed by atoms with van der Waals surface area (Å²) in [6.07, 6.45) is 4.46. The molecule has 0 N–H and O–H groups in total. The third kappa shape index (κ3) is 4.76. The average molecular weight is 323 g/mol. The van der Waals surface area contributed by atoms with Crippen LogP contribution in [0.4, 0.5) is 0 Å². The summed E-state index contributed by atoms with van der Waals surface area (Å²) in [5.74, 6) is 0. The predicted octanol–water partition coefficient (Wildman–Crippen LogP) is 2.95. The van der Waals surface area contributed by atoms with Crippen LogP contribution in [0.5, 0.6) is 0 Å². The van der Waals surface area contributed by atoms with E-state index < -0.39 is 22.5 Å². The van der Waals surface area contributed by atoms with E-state index in [4.69, 9.17) is 22.4 Å². The van der Waals surface area contributed by atoms with Crippen molar-refractivity contribution in [1.29, 1.82) is 0 Å². The van der Waals surface area contributed by atoms with Gasteiger partial charge in [0.1, 0.15) is 0 Å². The molecule has 5 nitrogen and oxygen atoms in total. The van der Waals surface area contributed by atoms with Gasteiger partial charge >= 0.3 is 8.80 Å². The van der Waals surface area contributed by atoms with E-state index in [-0.39, 0.29) is 0 Å². The second-order valence-corrected chi connectivity index (χ2v) is 12.9. The minimum Gasteiger partial charge on any atom is -0.388 e. The maximum Gasteiger partial charge on any atom is 0.561 e. The normalized spacial score (nSPS) is 16.6. The molecule has 0 aromatic heterocycles. The maximum absolute atomic E-state index is 6.33. The summed E-state index contributed by atoms with van der Waals surface area (Å²) in [5.41, 5.74) is -0.977. The number of hydrogen-bond acceptors (Lipinski definition) is 5. The van der Waals surface area contributed by atoms with E-state index in [0.29, 0.717) is 13.0 Å². The highest BCUT2D eigenvalue weighted by molar-refractivity contribution is 6.72. The summed E-state index contributed by atoms with van der Waals surface area (Å²) < 4.78 is 29.2. The molecular weight excluding hydrogens is 292 g/mol. The van der Waals surface area contributed by atoms with Crippen molar-refractivity contribution in [3.63, 3.8) is 0 Å². The van der Waals surface area contributed by atoms with Gasteiger partial charge in [-0.15, -0.1) is 0 Å². The standard InChI is InChI=1S/C13H30O5Si2/c1-9-11-12-17-13(10-2,18-19(6,7)8)20(14-3,15-4)16-5/h9,11H,10,12H2,1-8H3/b11-9+. The Morgan fingerprint density at radius 1 is 1.00 bits per heavy atom. The van der Waals surface area contributed by atoms with Crippen molar-refractivity contribution in [3.05, 3.63) is 12.2 Å². The second-order valence-electron chi connectivity index (χ2n) is 5.37. The SMILES string of the molecule is C/C=C/COC(CC)(O[Si](C)(C)C)[Si](OC)(OC)OC. The Balaban J connectivity index is 5.58. The molecule has 0 amide bonds. The Bertz CT molecular complexity index is 291. The van der Waals surface area contributed by atoms with Crippen molar-refractivity contribution in [1.82, 2.24) is 0 Å². The minimum absolute atomic E-state index is 0.430. The largest absolute Gasteiger partial charge is 0.561 e. The Kier molecular flexibility index (Phi) is 8.41. The van der Waals surface area contributed by atoms with Gasteiger partial charge in [0.2, 0.25) is 5.41 Å². The van der Waals surface area contributed by atoms with Gasteiger partial charge in [-0.05, 0) is 26.6 Å².